The fourth-order valence-electron chi connectivity index (χ4n) is 2.10. The number of amides is 1. The molecule has 0 unspecified atom stereocenters. The molecule has 0 aliphatic carbocycles. The van der Waals surface area contributed by atoms with E-state index < -0.39 is 0 Å². The van der Waals surface area contributed by atoms with Gasteiger partial charge in [0.1, 0.15) is 11.6 Å². The zero-order valence-electron chi connectivity index (χ0n) is 12.3. The van der Waals surface area contributed by atoms with Crippen molar-refractivity contribution in [3.63, 3.8) is 0 Å². The van der Waals surface area contributed by atoms with Crippen LogP contribution in [0, 0.1) is 11.3 Å². The molecular weight excluding hydrogens is 272 g/mol. The highest BCUT2D eigenvalue weighted by Crippen LogP contribution is 2.06. The van der Waals surface area contributed by atoms with Crippen molar-refractivity contribution in [2.24, 2.45) is 0 Å². The molecule has 2 rings (SSSR count). The molecule has 0 radical (unpaired) electrons. The smallest absolute Gasteiger partial charge is 0.261 e. The first-order valence-corrected chi connectivity index (χ1v) is 7.28. The van der Waals surface area contributed by atoms with E-state index >= 15 is 0 Å². The molecule has 0 heterocycles. The van der Waals surface area contributed by atoms with Crippen LogP contribution in [0.2, 0.25) is 0 Å². The molecule has 22 heavy (non-hydrogen) atoms. The van der Waals surface area contributed by atoms with E-state index in [9.17, 15) is 4.79 Å². The maximum Gasteiger partial charge on any atom is 0.261 e. The number of nitrogens with zero attached hydrogens (tertiary/aromatic N) is 1. The molecule has 2 aromatic carbocycles. The van der Waals surface area contributed by atoms with Gasteiger partial charge in [0.15, 0.2) is 0 Å². The molecule has 0 fully saturated rings. The molecule has 1 amide bonds. The molecule has 3 heteroatoms. The second kappa shape index (κ2) is 8.43. The summed E-state index contributed by atoms with van der Waals surface area (Å²) in [6.07, 6.45) is 3.36. The van der Waals surface area contributed by atoms with E-state index in [0.717, 1.165) is 18.4 Å². The van der Waals surface area contributed by atoms with Gasteiger partial charge >= 0.3 is 0 Å². The van der Waals surface area contributed by atoms with Crippen molar-refractivity contribution in [2.45, 2.75) is 12.8 Å². The third kappa shape index (κ3) is 4.92. The largest absolute Gasteiger partial charge is 0.351 e. The zero-order valence-corrected chi connectivity index (χ0v) is 12.3. The third-order valence-corrected chi connectivity index (χ3v) is 3.25. The maximum atomic E-state index is 12.0. The molecule has 110 valence electrons. The first-order valence-electron chi connectivity index (χ1n) is 7.28. The Morgan fingerprint density at radius 2 is 1.68 bits per heavy atom. The minimum Gasteiger partial charge on any atom is -0.351 e. The van der Waals surface area contributed by atoms with Crippen molar-refractivity contribution >= 4 is 12.0 Å². The van der Waals surface area contributed by atoms with Crippen LogP contribution in [-0.4, -0.2) is 12.5 Å². The van der Waals surface area contributed by atoms with Crippen LogP contribution >= 0.6 is 0 Å². The first-order chi connectivity index (χ1) is 10.8. The number of hydrogen-bond donors (Lipinski definition) is 1. The van der Waals surface area contributed by atoms with Crippen molar-refractivity contribution in [2.75, 3.05) is 6.54 Å². The average Bonchev–Trinajstić information content (AvgIpc) is 2.58. The Hall–Kier alpha value is -2.86. The van der Waals surface area contributed by atoms with E-state index in [1.165, 1.54) is 5.56 Å². The van der Waals surface area contributed by atoms with Gasteiger partial charge in [-0.1, -0.05) is 60.7 Å². The molecule has 0 atom stereocenters. The summed E-state index contributed by atoms with van der Waals surface area (Å²) in [4.78, 5) is 12.0. The number of carbonyl (C=O) groups excluding carboxylic acids is 1. The average molecular weight is 290 g/mol. The Morgan fingerprint density at radius 3 is 2.32 bits per heavy atom. The van der Waals surface area contributed by atoms with Crippen molar-refractivity contribution < 1.29 is 4.79 Å². The van der Waals surface area contributed by atoms with E-state index in [-0.39, 0.29) is 11.5 Å². The number of carbonyl (C=O) groups is 1. The summed E-state index contributed by atoms with van der Waals surface area (Å²) in [6.45, 7) is 0.557. The molecule has 0 bridgehead atoms. The standard InChI is InChI=1S/C19H18N2O/c20-15-18(14-17-10-5-2-6-11-17)19(22)21-13-7-12-16-8-3-1-4-9-16/h1-6,8-11,14H,7,12-13H2,(H,21,22)/b18-14-. The molecule has 0 saturated heterocycles. The van der Waals surface area contributed by atoms with Gasteiger partial charge in [0, 0.05) is 6.54 Å². The Kier molecular flexibility index (Phi) is 5.95. The van der Waals surface area contributed by atoms with Gasteiger partial charge in [-0.15, -0.1) is 0 Å². The van der Waals surface area contributed by atoms with Gasteiger partial charge in [0.2, 0.25) is 0 Å². The minimum absolute atomic E-state index is 0.130. The maximum absolute atomic E-state index is 12.0. The molecule has 1 N–H and O–H groups in total. The predicted molar refractivity (Wildman–Crippen MR) is 87.8 cm³/mol. The second-order valence-corrected chi connectivity index (χ2v) is 4.93. The summed E-state index contributed by atoms with van der Waals surface area (Å²) in [5, 5.41) is 11.9. The highest BCUT2D eigenvalue weighted by Gasteiger charge is 2.07. The molecule has 0 saturated carbocycles. The lowest BCUT2D eigenvalue weighted by atomic mass is 10.1. The van der Waals surface area contributed by atoms with Crippen LogP contribution < -0.4 is 5.32 Å². The van der Waals surface area contributed by atoms with E-state index in [1.54, 1.807) is 6.08 Å². The predicted octanol–water partition coefficient (Wildman–Crippen LogP) is 3.34. The van der Waals surface area contributed by atoms with Crippen LogP contribution in [0.5, 0.6) is 0 Å². The summed E-state index contributed by atoms with van der Waals surface area (Å²) in [6, 6.07) is 21.5. The topological polar surface area (TPSA) is 52.9 Å². The fourth-order valence-corrected chi connectivity index (χ4v) is 2.10. The van der Waals surface area contributed by atoms with Gasteiger partial charge in [-0.3, -0.25) is 4.79 Å². The van der Waals surface area contributed by atoms with Crippen molar-refractivity contribution in [1.82, 2.24) is 5.32 Å². The van der Waals surface area contributed by atoms with E-state index in [2.05, 4.69) is 17.4 Å². The molecule has 0 aliphatic heterocycles. The Balaban J connectivity index is 1.83. The number of hydrogen-bond acceptors (Lipinski definition) is 2. The van der Waals surface area contributed by atoms with E-state index in [4.69, 9.17) is 5.26 Å². The Bertz CT molecular complexity index is 670. The lowest BCUT2D eigenvalue weighted by molar-refractivity contribution is -0.117. The summed E-state index contributed by atoms with van der Waals surface area (Å²) < 4.78 is 0. The summed E-state index contributed by atoms with van der Waals surface area (Å²) >= 11 is 0. The van der Waals surface area contributed by atoms with E-state index in [1.807, 2.05) is 54.6 Å². The van der Waals surface area contributed by atoms with Crippen molar-refractivity contribution in [1.29, 1.82) is 5.26 Å². The Labute approximate surface area is 130 Å². The number of benzene rings is 2. The molecule has 0 aliphatic rings. The number of nitrogens with one attached hydrogen (secondary N) is 1. The summed E-state index contributed by atoms with van der Waals surface area (Å²) in [5.41, 5.74) is 2.22. The monoisotopic (exact) mass is 290 g/mol. The van der Waals surface area contributed by atoms with Gasteiger partial charge in [0.05, 0.1) is 0 Å². The number of aryl methyl sites for hydroxylation is 1. The summed E-state index contributed by atoms with van der Waals surface area (Å²) in [7, 11) is 0. The first kappa shape index (κ1) is 15.5. The fraction of sp³-hybridized carbons (Fsp3) is 0.158. The quantitative estimate of drug-likeness (QED) is 0.504. The van der Waals surface area contributed by atoms with Gasteiger partial charge in [0.25, 0.3) is 5.91 Å². The molecule has 3 nitrogen and oxygen atoms in total. The third-order valence-electron chi connectivity index (χ3n) is 3.25. The van der Waals surface area contributed by atoms with Crippen LogP contribution in [0.1, 0.15) is 17.5 Å². The van der Waals surface area contributed by atoms with Gasteiger partial charge in [-0.05, 0) is 30.0 Å². The van der Waals surface area contributed by atoms with Crippen molar-refractivity contribution in [3.8, 4) is 6.07 Å². The molecular formula is C19H18N2O. The zero-order chi connectivity index (χ0) is 15.6. The van der Waals surface area contributed by atoms with Crippen LogP contribution in [0.4, 0.5) is 0 Å². The SMILES string of the molecule is N#C/C(=C/c1ccccc1)C(=O)NCCCc1ccccc1. The van der Waals surface area contributed by atoms with Crippen LogP contribution in [0.25, 0.3) is 6.08 Å². The van der Waals surface area contributed by atoms with Crippen molar-refractivity contribution in [3.05, 3.63) is 77.4 Å². The van der Waals surface area contributed by atoms with E-state index in [0.29, 0.717) is 6.54 Å². The lowest BCUT2D eigenvalue weighted by Gasteiger charge is -2.04. The van der Waals surface area contributed by atoms with Gasteiger partial charge < -0.3 is 5.32 Å². The lowest BCUT2D eigenvalue weighted by Crippen LogP contribution is -2.25. The van der Waals surface area contributed by atoms with Gasteiger partial charge in [-0.2, -0.15) is 5.26 Å². The van der Waals surface area contributed by atoms with Crippen LogP contribution in [0.3, 0.4) is 0 Å². The number of nitriles is 1. The minimum atomic E-state index is -0.320. The highest BCUT2D eigenvalue weighted by atomic mass is 16.1. The molecule has 0 spiro atoms. The van der Waals surface area contributed by atoms with Gasteiger partial charge in [-0.25, -0.2) is 0 Å². The molecule has 0 aromatic heterocycles. The summed E-state index contributed by atoms with van der Waals surface area (Å²) in [5.74, 6) is -0.320. The van der Waals surface area contributed by atoms with Crippen LogP contribution in [-0.2, 0) is 11.2 Å². The molecule has 2 aromatic rings. The second-order valence-electron chi connectivity index (χ2n) is 4.93. The van der Waals surface area contributed by atoms with Crippen LogP contribution in [0.15, 0.2) is 66.2 Å². The normalized spacial score (nSPS) is 10.8. The Morgan fingerprint density at radius 1 is 1.05 bits per heavy atom. The number of rotatable bonds is 6. The highest BCUT2D eigenvalue weighted by molar-refractivity contribution is 6.01.